The fourth-order valence-corrected chi connectivity index (χ4v) is 2.05. The van der Waals surface area contributed by atoms with Crippen LogP contribution in [0, 0.1) is 5.92 Å². The maximum atomic E-state index is 12.2. The van der Waals surface area contributed by atoms with Gasteiger partial charge >= 0.3 is 0 Å². The van der Waals surface area contributed by atoms with Crippen molar-refractivity contribution in [2.75, 3.05) is 20.3 Å². The molecule has 86 valence electrons. The Hall–Kier alpha value is -0.900. The summed E-state index contributed by atoms with van der Waals surface area (Å²) in [4.78, 5) is 12.2. The maximum absolute atomic E-state index is 12.2. The van der Waals surface area contributed by atoms with Gasteiger partial charge in [0.15, 0.2) is 5.78 Å². The van der Waals surface area contributed by atoms with Crippen LogP contribution < -0.4 is 5.32 Å². The summed E-state index contributed by atoms with van der Waals surface area (Å²) in [5.41, 5.74) is 0.695. The van der Waals surface area contributed by atoms with E-state index < -0.39 is 0 Å². The minimum absolute atomic E-state index is 0.0915. The van der Waals surface area contributed by atoms with Crippen LogP contribution in [0.4, 0.5) is 0 Å². The molecule has 2 atom stereocenters. The fourth-order valence-electron chi connectivity index (χ4n) is 1.93. The first-order valence-corrected chi connectivity index (χ1v) is 5.65. The smallest absolute Gasteiger partial charge is 0.169 e. The molecule has 0 aromatic heterocycles. The standard InChI is InChI=1S/C12H14ClNO2/c1-14-11-7-16-6-10(11)12(15)8-2-4-9(13)5-3-8/h2-5,10-11,14H,6-7H2,1H3. The van der Waals surface area contributed by atoms with Crippen molar-refractivity contribution in [1.29, 1.82) is 0 Å². The molecule has 16 heavy (non-hydrogen) atoms. The van der Waals surface area contributed by atoms with Gasteiger partial charge in [0, 0.05) is 16.6 Å². The van der Waals surface area contributed by atoms with Crippen molar-refractivity contribution in [2.24, 2.45) is 5.92 Å². The molecule has 3 nitrogen and oxygen atoms in total. The van der Waals surface area contributed by atoms with Crippen LogP contribution in [0.5, 0.6) is 0 Å². The van der Waals surface area contributed by atoms with E-state index in [1.807, 2.05) is 7.05 Å². The van der Waals surface area contributed by atoms with Gasteiger partial charge in [0.1, 0.15) is 0 Å². The monoisotopic (exact) mass is 239 g/mol. The van der Waals surface area contributed by atoms with Gasteiger partial charge < -0.3 is 10.1 Å². The van der Waals surface area contributed by atoms with Crippen LogP contribution in [0.2, 0.25) is 5.02 Å². The Morgan fingerprint density at radius 1 is 1.38 bits per heavy atom. The topological polar surface area (TPSA) is 38.3 Å². The molecule has 2 unspecified atom stereocenters. The molecule has 1 aromatic rings. The zero-order chi connectivity index (χ0) is 11.5. The van der Waals surface area contributed by atoms with E-state index in [9.17, 15) is 4.79 Å². The number of rotatable bonds is 3. The van der Waals surface area contributed by atoms with Crippen molar-refractivity contribution in [1.82, 2.24) is 5.32 Å². The van der Waals surface area contributed by atoms with Gasteiger partial charge in [-0.3, -0.25) is 4.79 Å². The Morgan fingerprint density at radius 2 is 2.06 bits per heavy atom. The molecule has 1 N–H and O–H groups in total. The van der Waals surface area contributed by atoms with E-state index in [1.54, 1.807) is 24.3 Å². The van der Waals surface area contributed by atoms with Crippen LogP contribution in [0.3, 0.4) is 0 Å². The van der Waals surface area contributed by atoms with Crippen molar-refractivity contribution in [3.63, 3.8) is 0 Å². The van der Waals surface area contributed by atoms with Gasteiger partial charge in [0.2, 0.25) is 0 Å². The number of likely N-dealkylation sites (N-methyl/N-ethyl adjacent to an activating group) is 1. The number of carbonyl (C=O) groups excluding carboxylic acids is 1. The summed E-state index contributed by atoms with van der Waals surface area (Å²) < 4.78 is 5.32. The highest BCUT2D eigenvalue weighted by Gasteiger charge is 2.33. The van der Waals surface area contributed by atoms with Crippen LogP contribution in [-0.2, 0) is 4.74 Å². The molecule has 1 aliphatic heterocycles. The Balaban J connectivity index is 2.15. The maximum Gasteiger partial charge on any atom is 0.169 e. The Kier molecular flexibility index (Phi) is 3.59. The first kappa shape index (κ1) is 11.6. The van der Waals surface area contributed by atoms with Gasteiger partial charge in [-0.2, -0.15) is 0 Å². The third-order valence-electron chi connectivity index (χ3n) is 2.92. The van der Waals surface area contributed by atoms with Crippen molar-refractivity contribution in [3.05, 3.63) is 34.9 Å². The molecule has 1 saturated heterocycles. The molecular formula is C12H14ClNO2. The average Bonchev–Trinajstić information content (AvgIpc) is 2.77. The Labute approximate surface area is 99.7 Å². The van der Waals surface area contributed by atoms with Crippen LogP contribution >= 0.6 is 11.6 Å². The molecule has 0 amide bonds. The SMILES string of the molecule is CNC1COCC1C(=O)c1ccc(Cl)cc1. The summed E-state index contributed by atoms with van der Waals surface area (Å²) >= 11 is 5.78. The summed E-state index contributed by atoms with van der Waals surface area (Å²) in [6.07, 6.45) is 0. The second-order valence-corrected chi connectivity index (χ2v) is 4.35. The first-order chi connectivity index (χ1) is 7.72. The van der Waals surface area contributed by atoms with E-state index in [4.69, 9.17) is 16.3 Å². The molecule has 4 heteroatoms. The number of benzene rings is 1. The van der Waals surface area contributed by atoms with Gasteiger partial charge in [-0.25, -0.2) is 0 Å². The van der Waals surface area contributed by atoms with E-state index in [0.717, 1.165) is 0 Å². The number of Topliss-reactive ketones (excluding diaryl/α,β-unsaturated/α-hetero) is 1. The highest BCUT2D eigenvalue weighted by Crippen LogP contribution is 2.20. The lowest BCUT2D eigenvalue weighted by Gasteiger charge is -2.15. The summed E-state index contributed by atoms with van der Waals surface area (Å²) in [7, 11) is 1.85. The van der Waals surface area contributed by atoms with E-state index in [-0.39, 0.29) is 17.7 Å². The van der Waals surface area contributed by atoms with Gasteiger partial charge in [0.05, 0.1) is 19.1 Å². The molecule has 0 bridgehead atoms. The third-order valence-corrected chi connectivity index (χ3v) is 3.17. The van der Waals surface area contributed by atoms with Crippen molar-refractivity contribution in [2.45, 2.75) is 6.04 Å². The molecule has 0 radical (unpaired) electrons. The zero-order valence-electron chi connectivity index (χ0n) is 9.07. The van der Waals surface area contributed by atoms with E-state index in [0.29, 0.717) is 23.8 Å². The van der Waals surface area contributed by atoms with Gasteiger partial charge in [-0.15, -0.1) is 0 Å². The number of hydrogen-bond acceptors (Lipinski definition) is 3. The van der Waals surface area contributed by atoms with Gasteiger partial charge in [-0.05, 0) is 31.3 Å². The van der Waals surface area contributed by atoms with E-state index >= 15 is 0 Å². The molecule has 0 aliphatic carbocycles. The average molecular weight is 240 g/mol. The summed E-state index contributed by atoms with van der Waals surface area (Å²) in [6.45, 7) is 1.09. The van der Waals surface area contributed by atoms with Crippen LogP contribution in [0.1, 0.15) is 10.4 Å². The van der Waals surface area contributed by atoms with Crippen molar-refractivity contribution in [3.8, 4) is 0 Å². The third kappa shape index (κ3) is 2.26. The highest BCUT2D eigenvalue weighted by atomic mass is 35.5. The summed E-state index contributed by atoms with van der Waals surface area (Å²) in [5.74, 6) is 0.0275. The molecule has 1 aromatic carbocycles. The lowest BCUT2D eigenvalue weighted by molar-refractivity contribution is 0.0892. The van der Waals surface area contributed by atoms with Crippen molar-refractivity contribution < 1.29 is 9.53 Å². The lowest BCUT2D eigenvalue weighted by atomic mass is 9.93. The molecule has 2 rings (SSSR count). The van der Waals surface area contributed by atoms with Gasteiger partial charge in [0.25, 0.3) is 0 Å². The predicted octanol–water partition coefficient (Wildman–Crippen LogP) is 1.76. The minimum atomic E-state index is -0.0915. The quantitative estimate of drug-likeness (QED) is 0.817. The van der Waals surface area contributed by atoms with Crippen LogP contribution in [0.25, 0.3) is 0 Å². The van der Waals surface area contributed by atoms with Gasteiger partial charge in [-0.1, -0.05) is 11.6 Å². The molecule has 1 heterocycles. The largest absolute Gasteiger partial charge is 0.379 e. The van der Waals surface area contributed by atoms with Crippen LogP contribution in [0.15, 0.2) is 24.3 Å². The second-order valence-electron chi connectivity index (χ2n) is 3.91. The molecular weight excluding hydrogens is 226 g/mol. The molecule has 1 fully saturated rings. The number of nitrogens with one attached hydrogen (secondary N) is 1. The molecule has 1 aliphatic rings. The number of hydrogen-bond donors (Lipinski definition) is 1. The minimum Gasteiger partial charge on any atom is -0.379 e. The fraction of sp³-hybridized carbons (Fsp3) is 0.417. The number of ether oxygens (including phenoxy) is 1. The van der Waals surface area contributed by atoms with E-state index in [1.165, 1.54) is 0 Å². The Morgan fingerprint density at radius 3 is 2.69 bits per heavy atom. The van der Waals surface area contributed by atoms with Crippen molar-refractivity contribution >= 4 is 17.4 Å². The van der Waals surface area contributed by atoms with Crippen LogP contribution in [-0.4, -0.2) is 32.1 Å². The number of ketones is 1. The zero-order valence-corrected chi connectivity index (χ0v) is 9.83. The first-order valence-electron chi connectivity index (χ1n) is 5.27. The summed E-state index contributed by atoms with van der Waals surface area (Å²) in [5, 5.41) is 3.75. The number of halogens is 1. The highest BCUT2D eigenvalue weighted by molar-refractivity contribution is 6.30. The normalized spacial score (nSPS) is 24.6. The number of carbonyl (C=O) groups is 1. The second kappa shape index (κ2) is 4.95. The summed E-state index contributed by atoms with van der Waals surface area (Å²) in [6, 6.07) is 7.10. The molecule has 0 saturated carbocycles. The predicted molar refractivity (Wildman–Crippen MR) is 62.9 cm³/mol. The van der Waals surface area contributed by atoms with E-state index in [2.05, 4.69) is 5.32 Å². The molecule has 0 spiro atoms. The lowest BCUT2D eigenvalue weighted by Crippen LogP contribution is -2.36. The Bertz CT molecular complexity index is 377.